The Morgan fingerprint density at radius 1 is 0.947 bits per heavy atom. The van der Waals surface area contributed by atoms with E-state index in [4.69, 9.17) is 0 Å². The molecule has 0 spiro atoms. The summed E-state index contributed by atoms with van der Waals surface area (Å²) in [5.41, 5.74) is 4.10. The highest BCUT2D eigenvalue weighted by molar-refractivity contribution is 5.86. The Labute approximate surface area is 110 Å². The van der Waals surface area contributed by atoms with Crippen molar-refractivity contribution in [3.63, 3.8) is 0 Å². The van der Waals surface area contributed by atoms with Crippen LogP contribution in [0.25, 0.3) is 33.1 Å². The highest BCUT2D eigenvalue weighted by Gasteiger charge is 2.03. The number of rotatable bonds is 1. The van der Waals surface area contributed by atoms with Crippen LogP contribution < -0.4 is 0 Å². The Bertz CT molecular complexity index is 874. The number of nitrogens with one attached hydrogen (secondary N) is 1. The van der Waals surface area contributed by atoms with E-state index in [0.717, 1.165) is 27.7 Å². The minimum absolute atomic E-state index is 0.884. The van der Waals surface area contributed by atoms with Crippen LogP contribution in [-0.2, 0) is 0 Å². The molecule has 19 heavy (non-hydrogen) atoms. The molecule has 0 saturated heterocycles. The molecule has 0 unspecified atom stereocenters. The predicted octanol–water partition coefficient (Wildman–Crippen LogP) is 4.18. The van der Waals surface area contributed by atoms with Gasteiger partial charge in [0.1, 0.15) is 0 Å². The van der Waals surface area contributed by atoms with E-state index < -0.39 is 0 Å². The molecule has 1 N–H and O–H groups in total. The number of H-pyrrole nitrogens is 1. The van der Waals surface area contributed by atoms with Crippen LogP contribution in [0.2, 0.25) is 0 Å². The van der Waals surface area contributed by atoms with E-state index in [0.29, 0.717) is 0 Å². The minimum Gasteiger partial charge on any atom is -0.361 e. The zero-order valence-electron chi connectivity index (χ0n) is 10.2. The number of aromatic amines is 1. The van der Waals surface area contributed by atoms with Crippen LogP contribution in [0.5, 0.6) is 0 Å². The first-order valence-corrected chi connectivity index (χ1v) is 6.25. The number of fused-ring (bicyclic) bond motifs is 2. The van der Waals surface area contributed by atoms with Crippen molar-refractivity contribution in [1.82, 2.24) is 9.97 Å². The van der Waals surface area contributed by atoms with Crippen LogP contribution in [0.1, 0.15) is 0 Å². The average Bonchev–Trinajstić information content (AvgIpc) is 2.94. The highest BCUT2D eigenvalue weighted by Crippen LogP contribution is 2.23. The van der Waals surface area contributed by atoms with Crippen LogP contribution in [0.4, 0.5) is 0 Å². The standard InChI is InChI=1S/C17H11N2/c1-2-4-15-12(3-1)7-8-16(19-15)14-6-5-13-9-10-18-17(13)11-14/h1-7,9-11,18H. The molecule has 0 amide bonds. The van der Waals surface area contributed by atoms with Gasteiger partial charge in [0, 0.05) is 28.7 Å². The number of nitrogens with zero attached hydrogens (tertiary/aromatic N) is 1. The van der Waals surface area contributed by atoms with Crippen LogP contribution >= 0.6 is 0 Å². The fraction of sp³-hybridized carbons (Fsp3) is 0. The molecule has 1 radical (unpaired) electrons. The quantitative estimate of drug-likeness (QED) is 0.533. The summed E-state index contributed by atoms with van der Waals surface area (Å²) >= 11 is 0. The van der Waals surface area contributed by atoms with Gasteiger partial charge in [-0.05, 0) is 29.7 Å². The van der Waals surface area contributed by atoms with Crippen molar-refractivity contribution in [2.24, 2.45) is 0 Å². The lowest BCUT2D eigenvalue weighted by atomic mass is 10.1. The number of aromatic nitrogens is 2. The monoisotopic (exact) mass is 243 g/mol. The van der Waals surface area contributed by atoms with E-state index >= 15 is 0 Å². The molecule has 4 aromatic rings. The van der Waals surface area contributed by atoms with Gasteiger partial charge in [0.15, 0.2) is 0 Å². The lowest BCUT2D eigenvalue weighted by molar-refractivity contribution is 1.39. The number of benzene rings is 2. The molecule has 2 heterocycles. The zero-order chi connectivity index (χ0) is 12.7. The Hall–Kier alpha value is -2.61. The largest absolute Gasteiger partial charge is 0.361 e. The van der Waals surface area contributed by atoms with Crippen LogP contribution in [-0.4, -0.2) is 9.97 Å². The Kier molecular flexibility index (Phi) is 2.15. The molecule has 0 bridgehead atoms. The Morgan fingerprint density at radius 2 is 1.89 bits per heavy atom. The molecule has 0 atom stereocenters. The molecule has 0 aliphatic rings. The molecule has 0 aliphatic carbocycles. The number of hydrogen-bond donors (Lipinski definition) is 1. The topological polar surface area (TPSA) is 28.7 Å². The second-order valence-electron chi connectivity index (χ2n) is 4.59. The molecule has 0 fully saturated rings. The lowest BCUT2D eigenvalue weighted by Gasteiger charge is -2.03. The molecule has 89 valence electrons. The third-order valence-corrected chi connectivity index (χ3v) is 3.36. The van der Waals surface area contributed by atoms with Crippen molar-refractivity contribution >= 4 is 21.8 Å². The number of para-hydroxylation sites is 1. The van der Waals surface area contributed by atoms with E-state index in [1.807, 2.05) is 30.5 Å². The fourth-order valence-corrected chi connectivity index (χ4v) is 2.35. The van der Waals surface area contributed by atoms with Crippen LogP contribution in [0, 0.1) is 6.07 Å². The molecule has 4 rings (SSSR count). The van der Waals surface area contributed by atoms with E-state index in [2.05, 4.69) is 46.4 Å². The molecule has 2 nitrogen and oxygen atoms in total. The normalized spacial score (nSPS) is 11.2. The second kappa shape index (κ2) is 3.95. The van der Waals surface area contributed by atoms with Crippen LogP contribution in [0.15, 0.2) is 60.8 Å². The summed E-state index contributed by atoms with van der Waals surface area (Å²) in [4.78, 5) is 7.89. The first kappa shape index (κ1) is 10.3. The van der Waals surface area contributed by atoms with Crippen molar-refractivity contribution in [2.75, 3.05) is 0 Å². The van der Waals surface area contributed by atoms with Gasteiger partial charge in [-0.1, -0.05) is 30.3 Å². The maximum absolute atomic E-state index is 4.67. The summed E-state index contributed by atoms with van der Waals surface area (Å²) in [6.45, 7) is 0. The third kappa shape index (κ3) is 1.69. The van der Waals surface area contributed by atoms with Gasteiger partial charge in [-0.15, -0.1) is 0 Å². The Balaban J connectivity index is 1.92. The summed E-state index contributed by atoms with van der Waals surface area (Å²) in [5.74, 6) is 0. The van der Waals surface area contributed by atoms with Gasteiger partial charge in [-0.25, -0.2) is 4.98 Å². The summed E-state index contributed by atoms with van der Waals surface area (Å²) in [7, 11) is 0. The van der Waals surface area contributed by atoms with E-state index in [-0.39, 0.29) is 0 Å². The molecule has 2 aromatic heterocycles. The lowest BCUT2D eigenvalue weighted by Crippen LogP contribution is -1.85. The van der Waals surface area contributed by atoms with Gasteiger partial charge in [-0.2, -0.15) is 0 Å². The van der Waals surface area contributed by atoms with Crippen molar-refractivity contribution < 1.29 is 0 Å². The third-order valence-electron chi connectivity index (χ3n) is 3.36. The maximum Gasteiger partial charge on any atom is 0.0789 e. The van der Waals surface area contributed by atoms with Gasteiger partial charge < -0.3 is 4.98 Å². The molecule has 2 aromatic carbocycles. The summed E-state index contributed by atoms with van der Waals surface area (Å²) in [5, 5.41) is 2.33. The van der Waals surface area contributed by atoms with Gasteiger partial charge in [0.2, 0.25) is 0 Å². The molecular formula is C17H11N2. The first-order valence-electron chi connectivity index (χ1n) is 6.25. The summed E-state index contributed by atoms with van der Waals surface area (Å²) in [6, 6.07) is 21.7. The SMILES string of the molecule is [c]1cc2ccccc2nc1-c1ccc2cc[nH]c2c1. The van der Waals surface area contributed by atoms with E-state index in [1.165, 1.54) is 5.39 Å². The van der Waals surface area contributed by atoms with Gasteiger partial charge >= 0.3 is 0 Å². The maximum atomic E-state index is 4.67. The predicted molar refractivity (Wildman–Crippen MR) is 77.9 cm³/mol. The highest BCUT2D eigenvalue weighted by atomic mass is 14.7. The second-order valence-corrected chi connectivity index (χ2v) is 4.59. The minimum atomic E-state index is 0.884. The molecular weight excluding hydrogens is 232 g/mol. The van der Waals surface area contributed by atoms with Crippen molar-refractivity contribution in [1.29, 1.82) is 0 Å². The Morgan fingerprint density at radius 3 is 2.89 bits per heavy atom. The number of hydrogen-bond acceptors (Lipinski definition) is 1. The van der Waals surface area contributed by atoms with Gasteiger partial charge in [0.25, 0.3) is 0 Å². The first-order chi connectivity index (χ1) is 9.40. The summed E-state index contributed by atoms with van der Waals surface area (Å²) in [6.07, 6.45) is 1.95. The molecule has 0 aliphatic heterocycles. The smallest absolute Gasteiger partial charge is 0.0789 e. The van der Waals surface area contributed by atoms with E-state index in [1.54, 1.807) is 0 Å². The van der Waals surface area contributed by atoms with Crippen LogP contribution in [0.3, 0.4) is 0 Å². The zero-order valence-corrected chi connectivity index (χ0v) is 10.2. The van der Waals surface area contributed by atoms with E-state index in [9.17, 15) is 0 Å². The van der Waals surface area contributed by atoms with Gasteiger partial charge in [-0.3, -0.25) is 0 Å². The van der Waals surface area contributed by atoms with Gasteiger partial charge in [0.05, 0.1) is 11.2 Å². The molecule has 2 heteroatoms. The van der Waals surface area contributed by atoms with Crippen molar-refractivity contribution in [3.8, 4) is 11.3 Å². The number of pyridine rings is 1. The summed E-state index contributed by atoms with van der Waals surface area (Å²) < 4.78 is 0. The molecule has 0 saturated carbocycles. The average molecular weight is 243 g/mol. The van der Waals surface area contributed by atoms with Crippen molar-refractivity contribution in [2.45, 2.75) is 0 Å². The van der Waals surface area contributed by atoms with Crippen molar-refractivity contribution in [3.05, 3.63) is 66.9 Å². The fourth-order valence-electron chi connectivity index (χ4n) is 2.35.